The second kappa shape index (κ2) is 3.85. The Labute approximate surface area is 102 Å². The molecule has 0 aliphatic carbocycles. The number of para-hydroxylation sites is 1. The lowest BCUT2D eigenvalue weighted by molar-refractivity contribution is 1.18. The molecule has 1 aliphatic rings. The quantitative estimate of drug-likeness (QED) is 0.636. The molecule has 17 heavy (non-hydrogen) atoms. The molecule has 84 valence electrons. The van der Waals surface area contributed by atoms with E-state index in [-0.39, 0.29) is 0 Å². The summed E-state index contributed by atoms with van der Waals surface area (Å²) >= 11 is 0. The van der Waals surface area contributed by atoms with Gasteiger partial charge in [-0.1, -0.05) is 42.0 Å². The average molecular weight is 221 g/mol. The number of aryl methyl sites for hydroxylation is 1. The van der Waals surface area contributed by atoms with Crippen LogP contribution in [-0.2, 0) is 6.42 Å². The van der Waals surface area contributed by atoms with Gasteiger partial charge in [-0.2, -0.15) is 0 Å². The van der Waals surface area contributed by atoms with E-state index >= 15 is 0 Å². The van der Waals surface area contributed by atoms with Gasteiger partial charge in [0.05, 0.1) is 5.69 Å². The van der Waals surface area contributed by atoms with Gasteiger partial charge in [-0.05, 0) is 36.6 Å². The molecule has 0 N–H and O–H groups in total. The van der Waals surface area contributed by atoms with Crippen LogP contribution in [0, 0.1) is 6.92 Å². The van der Waals surface area contributed by atoms with Crippen molar-refractivity contribution in [3.05, 3.63) is 64.7 Å². The highest BCUT2D eigenvalue weighted by Crippen LogP contribution is 2.28. The maximum atomic E-state index is 4.73. The molecule has 0 saturated carbocycles. The Kier molecular flexibility index (Phi) is 2.32. The lowest BCUT2D eigenvalue weighted by Crippen LogP contribution is -1.99. The van der Waals surface area contributed by atoms with Crippen LogP contribution in [0.15, 0.2) is 47.5 Å². The normalized spacial score (nSPS) is 13.4. The van der Waals surface area contributed by atoms with Crippen LogP contribution in [0.2, 0.25) is 0 Å². The molecule has 1 aliphatic heterocycles. The molecule has 1 nitrogen and oxygen atoms in total. The summed E-state index contributed by atoms with van der Waals surface area (Å²) in [7, 11) is 0. The molecule has 0 unspecified atom stereocenters. The maximum Gasteiger partial charge on any atom is 0.0668 e. The van der Waals surface area contributed by atoms with Crippen LogP contribution in [0.5, 0.6) is 0 Å². The third-order valence-electron chi connectivity index (χ3n) is 3.31. The smallest absolute Gasteiger partial charge is 0.0668 e. The maximum absolute atomic E-state index is 4.73. The molecule has 2 aromatic rings. The third-order valence-corrected chi connectivity index (χ3v) is 3.31. The van der Waals surface area contributed by atoms with E-state index in [1.807, 2.05) is 0 Å². The van der Waals surface area contributed by atoms with Gasteiger partial charge in [0.2, 0.25) is 0 Å². The van der Waals surface area contributed by atoms with Crippen LogP contribution in [0.3, 0.4) is 0 Å². The average Bonchev–Trinajstić information content (AvgIpc) is 2.44. The van der Waals surface area contributed by atoms with Crippen LogP contribution in [0.1, 0.15) is 29.2 Å². The van der Waals surface area contributed by atoms with Gasteiger partial charge in [-0.3, -0.25) is 4.99 Å². The Hall–Kier alpha value is -1.89. The Morgan fingerprint density at radius 2 is 1.76 bits per heavy atom. The zero-order valence-electron chi connectivity index (χ0n) is 10.2. The summed E-state index contributed by atoms with van der Waals surface area (Å²) in [5, 5.41) is 0. The first kappa shape index (κ1) is 10.3. The van der Waals surface area contributed by atoms with Crippen molar-refractivity contribution >= 4 is 11.4 Å². The van der Waals surface area contributed by atoms with Crippen molar-refractivity contribution in [3.8, 4) is 0 Å². The molecule has 0 spiro atoms. The highest BCUT2D eigenvalue weighted by molar-refractivity contribution is 6.02. The predicted molar refractivity (Wildman–Crippen MR) is 72.3 cm³/mol. The molecule has 0 amide bonds. The molecular formula is C16H15N. The summed E-state index contributed by atoms with van der Waals surface area (Å²) < 4.78 is 0. The predicted octanol–water partition coefficient (Wildman–Crippen LogP) is 4.04. The molecule has 0 bridgehead atoms. The fourth-order valence-corrected chi connectivity index (χ4v) is 2.44. The zero-order valence-corrected chi connectivity index (χ0v) is 10.2. The molecule has 0 saturated heterocycles. The van der Waals surface area contributed by atoms with Crippen LogP contribution in [0.25, 0.3) is 0 Å². The van der Waals surface area contributed by atoms with Crippen molar-refractivity contribution in [2.45, 2.75) is 20.3 Å². The molecule has 1 heteroatoms. The van der Waals surface area contributed by atoms with E-state index in [2.05, 4.69) is 56.3 Å². The standard InChI is InChI=1S/C16H15N/c1-11-7-8-15-12(2)17-16-6-4-3-5-13(16)10-14(15)9-11/h3-9H,10H2,1-2H3. The summed E-state index contributed by atoms with van der Waals surface area (Å²) in [5.74, 6) is 0. The second-order valence-electron chi connectivity index (χ2n) is 4.66. The minimum atomic E-state index is 0.980. The van der Waals surface area contributed by atoms with Crippen molar-refractivity contribution in [3.63, 3.8) is 0 Å². The SMILES string of the molecule is CC1=Nc2ccccc2Cc2cc(C)ccc21. The molecule has 0 fully saturated rings. The first-order valence-corrected chi connectivity index (χ1v) is 5.97. The van der Waals surface area contributed by atoms with Crippen molar-refractivity contribution in [1.82, 2.24) is 0 Å². The summed E-state index contributed by atoms with van der Waals surface area (Å²) in [6.45, 7) is 4.24. The first-order chi connectivity index (χ1) is 8.24. The Morgan fingerprint density at radius 3 is 2.65 bits per heavy atom. The minimum Gasteiger partial charge on any atom is -0.253 e. The van der Waals surface area contributed by atoms with E-state index in [9.17, 15) is 0 Å². The monoisotopic (exact) mass is 221 g/mol. The lowest BCUT2D eigenvalue weighted by Gasteiger charge is -2.07. The van der Waals surface area contributed by atoms with Gasteiger partial charge in [-0.15, -0.1) is 0 Å². The molecule has 0 aromatic heterocycles. The number of nitrogens with zero attached hydrogens (tertiary/aromatic N) is 1. The highest BCUT2D eigenvalue weighted by atomic mass is 14.8. The summed E-state index contributed by atoms with van der Waals surface area (Å²) in [6, 6.07) is 15.0. The Balaban J connectivity index is 2.24. The number of rotatable bonds is 0. The highest BCUT2D eigenvalue weighted by Gasteiger charge is 2.13. The Morgan fingerprint density at radius 1 is 0.941 bits per heavy atom. The molecular weight excluding hydrogens is 206 g/mol. The van der Waals surface area contributed by atoms with Gasteiger partial charge in [0.25, 0.3) is 0 Å². The van der Waals surface area contributed by atoms with Crippen LogP contribution >= 0.6 is 0 Å². The van der Waals surface area contributed by atoms with Crippen molar-refractivity contribution < 1.29 is 0 Å². The van der Waals surface area contributed by atoms with Crippen molar-refractivity contribution in [2.24, 2.45) is 4.99 Å². The summed E-state index contributed by atoms with van der Waals surface area (Å²) in [4.78, 5) is 4.73. The summed E-state index contributed by atoms with van der Waals surface area (Å²) in [6.07, 6.45) is 0.980. The van der Waals surface area contributed by atoms with Gasteiger partial charge >= 0.3 is 0 Å². The van der Waals surface area contributed by atoms with E-state index in [0.717, 1.165) is 17.8 Å². The van der Waals surface area contributed by atoms with Crippen LogP contribution in [-0.4, -0.2) is 5.71 Å². The molecule has 0 radical (unpaired) electrons. The first-order valence-electron chi connectivity index (χ1n) is 5.97. The fourth-order valence-electron chi connectivity index (χ4n) is 2.44. The van der Waals surface area contributed by atoms with Gasteiger partial charge in [-0.25, -0.2) is 0 Å². The van der Waals surface area contributed by atoms with E-state index in [1.165, 1.54) is 22.3 Å². The number of hydrogen-bond acceptors (Lipinski definition) is 1. The van der Waals surface area contributed by atoms with E-state index in [4.69, 9.17) is 4.99 Å². The minimum absolute atomic E-state index is 0.980. The van der Waals surface area contributed by atoms with Gasteiger partial charge in [0.1, 0.15) is 0 Å². The number of aliphatic imine (C=N–C) groups is 1. The molecule has 1 heterocycles. The number of hydrogen-bond donors (Lipinski definition) is 0. The van der Waals surface area contributed by atoms with E-state index in [1.54, 1.807) is 0 Å². The third kappa shape index (κ3) is 1.78. The summed E-state index contributed by atoms with van der Waals surface area (Å²) in [5.41, 5.74) is 7.53. The lowest BCUT2D eigenvalue weighted by atomic mass is 9.96. The molecule has 3 rings (SSSR count). The van der Waals surface area contributed by atoms with E-state index < -0.39 is 0 Å². The largest absolute Gasteiger partial charge is 0.253 e. The van der Waals surface area contributed by atoms with Crippen LogP contribution < -0.4 is 0 Å². The number of benzene rings is 2. The molecule has 0 atom stereocenters. The second-order valence-corrected chi connectivity index (χ2v) is 4.66. The van der Waals surface area contributed by atoms with Gasteiger partial charge < -0.3 is 0 Å². The molecule has 2 aromatic carbocycles. The zero-order chi connectivity index (χ0) is 11.8. The van der Waals surface area contributed by atoms with Crippen molar-refractivity contribution in [1.29, 1.82) is 0 Å². The van der Waals surface area contributed by atoms with Crippen molar-refractivity contribution in [2.75, 3.05) is 0 Å². The van der Waals surface area contributed by atoms with Gasteiger partial charge in [0.15, 0.2) is 0 Å². The topological polar surface area (TPSA) is 12.4 Å². The number of fused-ring (bicyclic) bond motifs is 2. The van der Waals surface area contributed by atoms with E-state index in [0.29, 0.717) is 0 Å². The van der Waals surface area contributed by atoms with Gasteiger partial charge in [0, 0.05) is 12.1 Å². The fraction of sp³-hybridized carbons (Fsp3) is 0.188. The Bertz CT molecular complexity index is 609. The van der Waals surface area contributed by atoms with Crippen LogP contribution in [0.4, 0.5) is 5.69 Å².